The van der Waals surface area contributed by atoms with Crippen molar-refractivity contribution in [3.63, 3.8) is 0 Å². The van der Waals surface area contributed by atoms with E-state index in [9.17, 15) is 4.79 Å². The number of rotatable bonds is 2. The number of carbonyl (C=O) groups excluding carboxylic acids is 1. The summed E-state index contributed by atoms with van der Waals surface area (Å²) in [4.78, 5) is 13.3. The third kappa shape index (κ3) is 3.60. The monoisotopic (exact) mass is 429 g/mol. The van der Waals surface area contributed by atoms with Gasteiger partial charge >= 0.3 is 0 Å². The number of hydrogen-bond donors (Lipinski definition) is 1. The summed E-state index contributed by atoms with van der Waals surface area (Å²) in [6, 6.07) is 9.43. The molecule has 0 radical (unpaired) electrons. The van der Waals surface area contributed by atoms with Gasteiger partial charge < -0.3 is 29.0 Å². The van der Waals surface area contributed by atoms with Crippen LogP contribution in [0.4, 0.5) is 5.69 Å². The van der Waals surface area contributed by atoms with Gasteiger partial charge in [0.25, 0.3) is 5.91 Å². The Balaban J connectivity index is 1.28. The molecule has 3 aliphatic heterocycles. The molecule has 5 fully saturated rings. The molecule has 3 saturated heterocycles. The molecule has 1 amide bonds. The Bertz CT molecular complexity index is 804. The minimum absolute atomic E-state index is 0.232. The van der Waals surface area contributed by atoms with E-state index in [-0.39, 0.29) is 18.1 Å². The van der Waals surface area contributed by atoms with E-state index in [0.29, 0.717) is 0 Å². The van der Waals surface area contributed by atoms with Gasteiger partial charge in [-0.25, -0.2) is 0 Å². The highest BCUT2D eigenvalue weighted by atomic mass is 16.9. The predicted molar refractivity (Wildman–Crippen MR) is 111 cm³/mol. The van der Waals surface area contributed by atoms with Crippen LogP contribution in [0.5, 0.6) is 0 Å². The van der Waals surface area contributed by atoms with Crippen LogP contribution in [0.3, 0.4) is 0 Å². The Morgan fingerprint density at radius 2 is 1.32 bits per heavy atom. The molecule has 7 nitrogen and oxygen atoms in total. The number of anilines is 1. The second-order valence-electron chi connectivity index (χ2n) is 9.59. The number of amides is 1. The molecule has 0 unspecified atom stereocenters. The van der Waals surface area contributed by atoms with Crippen molar-refractivity contribution >= 4 is 11.6 Å². The third-order valence-electron chi connectivity index (χ3n) is 7.41. The fraction of sp³-hybridized carbons (Fsp3) is 0.708. The van der Waals surface area contributed by atoms with E-state index in [1.54, 1.807) is 0 Å². The second kappa shape index (κ2) is 7.81. The van der Waals surface area contributed by atoms with Crippen LogP contribution in [0.15, 0.2) is 30.3 Å². The fourth-order valence-electron chi connectivity index (χ4n) is 5.90. The third-order valence-corrected chi connectivity index (χ3v) is 7.41. The number of benzene rings is 1. The first-order valence-electron chi connectivity index (χ1n) is 11.9. The molecule has 2 spiro atoms. The molecule has 5 atom stereocenters. The Hall–Kier alpha value is -1.51. The topological polar surface area (TPSA) is 75.3 Å². The SMILES string of the molecule is O=C(Nc1ccccc1)[C@H]1O[C@H]2OC3(CCCCC3)O[C@@H]2[C@H]2OC3(CCCCC3)O[C@H]21. The number of nitrogens with one attached hydrogen (secondary N) is 1. The molecule has 1 aromatic rings. The molecule has 7 heteroatoms. The number of ether oxygens (including phenoxy) is 5. The van der Waals surface area contributed by atoms with E-state index in [4.69, 9.17) is 23.7 Å². The predicted octanol–water partition coefficient (Wildman–Crippen LogP) is 3.87. The van der Waals surface area contributed by atoms with Crippen LogP contribution in [0.25, 0.3) is 0 Å². The largest absolute Gasteiger partial charge is 0.341 e. The molecule has 0 aromatic heterocycles. The summed E-state index contributed by atoms with van der Waals surface area (Å²) < 4.78 is 32.2. The van der Waals surface area contributed by atoms with E-state index >= 15 is 0 Å². The van der Waals surface area contributed by atoms with Crippen LogP contribution in [-0.4, -0.2) is 48.2 Å². The molecule has 1 aromatic carbocycles. The Labute approximate surface area is 182 Å². The Kier molecular flexibility index (Phi) is 5.07. The zero-order chi connectivity index (χ0) is 20.9. The maximum atomic E-state index is 13.3. The van der Waals surface area contributed by atoms with Gasteiger partial charge in [0.1, 0.15) is 18.3 Å². The van der Waals surface area contributed by atoms with Crippen molar-refractivity contribution in [3.05, 3.63) is 30.3 Å². The minimum atomic E-state index is -0.810. The summed E-state index contributed by atoms with van der Waals surface area (Å²) in [5.41, 5.74) is 0.730. The van der Waals surface area contributed by atoms with Gasteiger partial charge in [0, 0.05) is 31.4 Å². The minimum Gasteiger partial charge on any atom is -0.341 e. The first-order chi connectivity index (χ1) is 15.2. The lowest BCUT2D eigenvalue weighted by molar-refractivity contribution is -0.246. The van der Waals surface area contributed by atoms with Crippen LogP contribution < -0.4 is 5.32 Å². The van der Waals surface area contributed by atoms with Gasteiger partial charge in [0.15, 0.2) is 24.0 Å². The van der Waals surface area contributed by atoms with Gasteiger partial charge in [-0.15, -0.1) is 0 Å². The smallest absolute Gasteiger partial charge is 0.256 e. The summed E-state index contributed by atoms with van der Waals surface area (Å²) in [7, 11) is 0. The molecular weight excluding hydrogens is 398 g/mol. The van der Waals surface area contributed by atoms with Crippen molar-refractivity contribution in [1.29, 1.82) is 0 Å². The van der Waals surface area contributed by atoms with Gasteiger partial charge in [-0.3, -0.25) is 4.79 Å². The molecule has 3 heterocycles. The van der Waals surface area contributed by atoms with Crippen molar-refractivity contribution in [2.75, 3.05) is 5.32 Å². The number of fused-ring (bicyclic) bond motifs is 3. The summed E-state index contributed by atoms with van der Waals surface area (Å²) in [6.07, 6.45) is 7.39. The quantitative estimate of drug-likeness (QED) is 0.769. The van der Waals surface area contributed by atoms with E-state index in [2.05, 4.69) is 5.32 Å². The summed E-state index contributed by atoms with van der Waals surface area (Å²) in [5.74, 6) is -1.48. The highest BCUT2D eigenvalue weighted by Crippen LogP contribution is 2.51. The molecular formula is C24H31NO6. The lowest BCUT2D eigenvalue weighted by Gasteiger charge is -2.36. The normalized spacial score (nSPS) is 38.0. The van der Waals surface area contributed by atoms with Gasteiger partial charge in [-0.2, -0.15) is 0 Å². The van der Waals surface area contributed by atoms with Crippen molar-refractivity contribution in [2.45, 2.75) is 106 Å². The lowest BCUT2D eigenvalue weighted by Crippen LogP contribution is -2.58. The molecule has 5 aliphatic rings. The summed E-state index contributed by atoms with van der Waals surface area (Å²) in [6.45, 7) is 0. The van der Waals surface area contributed by atoms with Crippen molar-refractivity contribution in [3.8, 4) is 0 Å². The van der Waals surface area contributed by atoms with Gasteiger partial charge in [-0.05, 0) is 37.8 Å². The number of carbonyl (C=O) groups is 1. The zero-order valence-corrected chi connectivity index (χ0v) is 17.8. The molecule has 1 N–H and O–H groups in total. The molecule has 0 bridgehead atoms. The van der Waals surface area contributed by atoms with Crippen LogP contribution in [-0.2, 0) is 28.5 Å². The first kappa shape index (κ1) is 20.1. The lowest BCUT2D eigenvalue weighted by atomic mass is 9.94. The number of para-hydroxylation sites is 1. The average molecular weight is 430 g/mol. The van der Waals surface area contributed by atoms with Crippen LogP contribution in [0, 0.1) is 0 Å². The summed E-state index contributed by atoms with van der Waals surface area (Å²) >= 11 is 0. The summed E-state index contributed by atoms with van der Waals surface area (Å²) in [5, 5.41) is 2.97. The standard InChI is InChI=1S/C24H31NO6/c26-21(25-16-10-4-1-5-11-16)19-17-18(29-23(28-17)12-6-2-7-13-23)20-22(27-19)31-24(30-20)14-8-3-9-15-24/h1,4-5,10-11,17-20,22H,2-3,6-9,12-15H2,(H,25,26)/t17-,18+,19+,20-,22+/m1/s1. The van der Waals surface area contributed by atoms with Crippen molar-refractivity contribution < 1.29 is 28.5 Å². The van der Waals surface area contributed by atoms with Crippen molar-refractivity contribution in [1.82, 2.24) is 0 Å². The first-order valence-corrected chi connectivity index (χ1v) is 11.9. The van der Waals surface area contributed by atoms with Gasteiger partial charge in [0.2, 0.25) is 0 Å². The van der Waals surface area contributed by atoms with Crippen LogP contribution >= 0.6 is 0 Å². The maximum absolute atomic E-state index is 13.3. The van der Waals surface area contributed by atoms with E-state index in [1.165, 1.54) is 12.8 Å². The molecule has 168 valence electrons. The second-order valence-corrected chi connectivity index (χ2v) is 9.59. The Morgan fingerprint density at radius 3 is 2.00 bits per heavy atom. The molecule has 31 heavy (non-hydrogen) atoms. The highest BCUT2D eigenvalue weighted by molar-refractivity contribution is 5.94. The number of hydrogen-bond acceptors (Lipinski definition) is 6. The van der Waals surface area contributed by atoms with E-state index in [0.717, 1.165) is 57.1 Å². The van der Waals surface area contributed by atoms with E-state index < -0.39 is 30.1 Å². The maximum Gasteiger partial charge on any atom is 0.256 e. The zero-order valence-electron chi connectivity index (χ0n) is 17.8. The Morgan fingerprint density at radius 1 is 0.742 bits per heavy atom. The van der Waals surface area contributed by atoms with Gasteiger partial charge in [0.05, 0.1) is 0 Å². The fourth-order valence-corrected chi connectivity index (χ4v) is 5.90. The van der Waals surface area contributed by atoms with Crippen LogP contribution in [0.2, 0.25) is 0 Å². The van der Waals surface area contributed by atoms with Gasteiger partial charge in [-0.1, -0.05) is 31.0 Å². The van der Waals surface area contributed by atoms with Crippen molar-refractivity contribution in [2.24, 2.45) is 0 Å². The molecule has 2 saturated carbocycles. The molecule has 2 aliphatic carbocycles. The highest BCUT2D eigenvalue weighted by Gasteiger charge is 2.65. The van der Waals surface area contributed by atoms with Crippen LogP contribution in [0.1, 0.15) is 64.2 Å². The average Bonchev–Trinajstić information content (AvgIpc) is 3.33. The van der Waals surface area contributed by atoms with E-state index in [1.807, 2.05) is 30.3 Å². The molecule has 6 rings (SSSR count).